The van der Waals surface area contributed by atoms with E-state index in [2.05, 4.69) is 10.6 Å². The Morgan fingerprint density at radius 1 is 1.64 bits per heavy atom. The zero-order valence-electron chi connectivity index (χ0n) is 7.00. The van der Waals surface area contributed by atoms with Gasteiger partial charge in [-0.1, -0.05) is 0 Å². The lowest BCUT2D eigenvalue weighted by molar-refractivity contribution is -0.131. The summed E-state index contributed by atoms with van der Waals surface area (Å²) in [6.07, 6.45) is 0.830. The van der Waals surface area contributed by atoms with Crippen LogP contribution in [0, 0.1) is 0 Å². The van der Waals surface area contributed by atoms with Crippen LogP contribution in [-0.4, -0.2) is 44.2 Å². The number of nitrogens with one attached hydrogen (secondary N) is 1. The van der Waals surface area contributed by atoms with Crippen molar-refractivity contribution in [3.63, 3.8) is 0 Å². The van der Waals surface area contributed by atoms with Gasteiger partial charge in [-0.3, -0.25) is 4.79 Å². The molecule has 0 spiro atoms. The van der Waals surface area contributed by atoms with Crippen molar-refractivity contribution in [2.24, 2.45) is 0 Å². The van der Waals surface area contributed by atoms with E-state index in [-0.39, 0.29) is 11.9 Å². The molecule has 11 heavy (non-hydrogen) atoms. The van der Waals surface area contributed by atoms with Gasteiger partial charge >= 0.3 is 0 Å². The van der Waals surface area contributed by atoms with Crippen molar-refractivity contribution in [2.45, 2.75) is 12.5 Å². The number of hydrogen-bond donors (Lipinski definition) is 1. The average molecular weight is 156 g/mol. The smallest absolute Gasteiger partial charge is 0.240 e. The Morgan fingerprint density at radius 3 is 2.82 bits per heavy atom. The molecule has 1 rings (SSSR count). The largest absolute Gasteiger partial charge is 0.347 e. The summed E-state index contributed by atoms with van der Waals surface area (Å²) in [6.45, 7) is 1.51. The maximum atomic E-state index is 11.3. The number of hydrogen-bond acceptors (Lipinski definition) is 2. The van der Waals surface area contributed by atoms with Crippen LogP contribution in [0.2, 0.25) is 0 Å². The highest BCUT2D eigenvalue weighted by Gasteiger charge is 2.22. The number of carbonyl (C=O) groups excluding carboxylic acids is 1. The average Bonchev–Trinajstić information content (AvgIpc) is 2.05. The Morgan fingerprint density at radius 2 is 2.36 bits per heavy atom. The van der Waals surface area contributed by atoms with Gasteiger partial charge in [0, 0.05) is 14.1 Å². The molecule has 4 heteroatoms. The molecule has 1 heterocycles. The first-order chi connectivity index (χ1) is 5.22. The van der Waals surface area contributed by atoms with Gasteiger partial charge < -0.3 is 10.2 Å². The van der Waals surface area contributed by atoms with E-state index < -0.39 is 0 Å². The van der Waals surface area contributed by atoms with Crippen LogP contribution in [0.15, 0.2) is 0 Å². The zero-order chi connectivity index (χ0) is 8.27. The summed E-state index contributed by atoms with van der Waals surface area (Å²) in [4.78, 5) is 12.9. The van der Waals surface area contributed by atoms with Crippen LogP contribution in [0.25, 0.3) is 0 Å². The van der Waals surface area contributed by atoms with Gasteiger partial charge in [0.25, 0.3) is 0 Å². The summed E-state index contributed by atoms with van der Waals surface area (Å²) in [7, 11) is 3.53. The van der Waals surface area contributed by atoms with Crippen LogP contribution >= 0.6 is 0 Å². The molecule has 1 aliphatic rings. The lowest BCUT2D eigenvalue weighted by Gasteiger charge is -2.24. The van der Waals surface area contributed by atoms with Gasteiger partial charge in [0.15, 0.2) is 0 Å². The molecule has 1 saturated heterocycles. The maximum absolute atomic E-state index is 11.3. The second-order valence-corrected chi connectivity index (χ2v) is 2.88. The number of likely N-dealkylation sites (N-methyl/N-ethyl adjacent to an activating group) is 1. The molecule has 0 aromatic carbocycles. The van der Waals surface area contributed by atoms with Gasteiger partial charge in [-0.05, 0) is 13.0 Å². The van der Waals surface area contributed by atoms with E-state index in [1.165, 1.54) is 0 Å². The first-order valence-electron chi connectivity index (χ1n) is 3.80. The van der Waals surface area contributed by atoms with E-state index in [0.29, 0.717) is 6.67 Å². The van der Waals surface area contributed by atoms with Crippen LogP contribution in [-0.2, 0) is 4.79 Å². The third kappa shape index (κ3) is 2.17. The lowest BCUT2D eigenvalue weighted by Crippen LogP contribution is -2.48. The predicted octanol–water partition coefficient (Wildman–Crippen LogP) is -1.00. The van der Waals surface area contributed by atoms with Crippen molar-refractivity contribution in [1.29, 1.82) is 0 Å². The maximum Gasteiger partial charge on any atom is 0.240 e. The molecule has 0 aliphatic carbocycles. The van der Waals surface area contributed by atoms with Crippen molar-refractivity contribution < 1.29 is 4.79 Å². The van der Waals surface area contributed by atoms with Gasteiger partial charge in [-0.2, -0.15) is 0 Å². The van der Waals surface area contributed by atoms with Crippen LogP contribution in [0.1, 0.15) is 6.42 Å². The van der Waals surface area contributed by atoms with Crippen LogP contribution in [0.3, 0.4) is 0 Å². The first kappa shape index (κ1) is 8.49. The van der Waals surface area contributed by atoms with E-state index in [9.17, 15) is 4.79 Å². The Kier molecular flexibility index (Phi) is 2.84. The van der Waals surface area contributed by atoms with Crippen LogP contribution in [0.4, 0.5) is 0 Å². The molecule has 1 fully saturated rings. The molecule has 63 valence electrons. The molecule has 0 aromatic heterocycles. The second kappa shape index (κ2) is 3.69. The van der Waals surface area contributed by atoms with Gasteiger partial charge in [0.05, 0.1) is 6.67 Å². The molecule has 1 radical (unpaired) electrons. The van der Waals surface area contributed by atoms with E-state index in [4.69, 9.17) is 0 Å². The third-order valence-electron chi connectivity index (χ3n) is 1.74. The van der Waals surface area contributed by atoms with Crippen LogP contribution in [0.5, 0.6) is 0 Å². The normalized spacial score (nSPS) is 24.7. The fourth-order valence-corrected chi connectivity index (χ4v) is 1.08. The Labute approximate surface area is 66.9 Å². The van der Waals surface area contributed by atoms with Crippen molar-refractivity contribution in [1.82, 2.24) is 15.5 Å². The predicted molar refractivity (Wildman–Crippen MR) is 42.1 cm³/mol. The molecular formula is C7H14N3O. The fourth-order valence-electron chi connectivity index (χ4n) is 1.08. The minimum Gasteiger partial charge on any atom is -0.347 e. The minimum atomic E-state index is -0.105. The number of rotatable bonds is 1. The SMILES string of the molecule is CN(C)C(=O)C1CCNC[N]1. The van der Waals surface area contributed by atoms with Crippen molar-refractivity contribution >= 4 is 5.91 Å². The molecule has 4 nitrogen and oxygen atoms in total. The van der Waals surface area contributed by atoms with Gasteiger partial charge in [0.1, 0.15) is 6.04 Å². The lowest BCUT2D eigenvalue weighted by atomic mass is 10.1. The summed E-state index contributed by atoms with van der Waals surface area (Å²) in [5.41, 5.74) is 0. The van der Waals surface area contributed by atoms with Gasteiger partial charge in [-0.15, -0.1) is 0 Å². The molecule has 0 saturated carbocycles. The number of nitrogens with zero attached hydrogens (tertiary/aromatic N) is 2. The quantitative estimate of drug-likeness (QED) is 0.529. The standard InChI is InChI=1S/C7H14N3O/c1-10(2)7(11)6-3-4-8-5-9-6/h6,8H,3-5H2,1-2H3. The summed E-state index contributed by atoms with van der Waals surface area (Å²) >= 11 is 0. The van der Waals surface area contributed by atoms with Crippen LogP contribution < -0.4 is 10.6 Å². The zero-order valence-corrected chi connectivity index (χ0v) is 7.00. The summed E-state index contributed by atoms with van der Waals surface area (Å²) in [6, 6.07) is -0.105. The van der Waals surface area contributed by atoms with E-state index in [0.717, 1.165) is 13.0 Å². The topological polar surface area (TPSA) is 46.4 Å². The van der Waals surface area contributed by atoms with Crippen molar-refractivity contribution in [3.8, 4) is 0 Å². The molecule has 1 amide bonds. The first-order valence-corrected chi connectivity index (χ1v) is 3.80. The molecule has 1 atom stereocenters. The van der Waals surface area contributed by atoms with Gasteiger partial charge in [-0.25, -0.2) is 5.32 Å². The third-order valence-corrected chi connectivity index (χ3v) is 1.74. The molecule has 1 aliphatic heterocycles. The Hall–Kier alpha value is -0.610. The molecule has 0 bridgehead atoms. The summed E-state index contributed by atoms with van der Waals surface area (Å²) in [5, 5.41) is 7.22. The summed E-state index contributed by atoms with van der Waals surface area (Å²) < 4.78 is 0. The molecule has 1 unspecified atom stereocenters. The highest BCUT2D eigenvalue weighted by Crippen LogP contribution is 1.99. The molecular weight excluding hydrogens is 142 g/mol. The van der Waals surface area contributed by atoms with E-state index in [1.54, 1.807) is 19.0 Å². The highest BCUT2D eigenvalue weighted by molar-refractivity contribution is 5.81. The van der Waals surface area contributed by atoms with E-state index in [1.807, 2.05) is 0 Å². The van der Waals surface area contributed by atoms with Crippen molar-refractivity contribution in [2.75, 3.05) is 27.3 Å². The number of amides is 1. The minimum absolute atomic E-state index is 0.105. The molecule has 1 N–H and O–H groups in total. The molecule has 0 aromatic rings. The summed E-state index contributed by atoms with van der Waals surface area (Å²) in [5.74, 6) is 0.117. The number of carbonyl (C=O) groups is 1. The van der Waals surface area contributed by atoms with E-state index >= 15 is 0 Å². The fraction of sp³-hybridized carbons (Fsp3) is 0.857. The van der Waals surface area contributed by atoms with Crippen molar-refractivity contribution in [3.05, 3.63) is 0 Å². The Balaban J connectivity index is 2.39. The monoisotopic (exact) mass is 156 g/mol. The Bertz CT molecular complexity index is 141. The second-order valence-electron chi connectivity index (χ2n) is 2.88. The highest BCUT2D eigenvalue weighted by atomic mass is 16.2. The van der Waals surface area contributed by atoms with Gasteiger partial charge in [0.2, 0.25) is 5.91 Å².